The first-order chi connectivity index (χ1) is 7.59. The molecule has 2 unspecified atom stereocenters. The van der Waals surface area contributed by atoms with Crippen LogP contribution in [0.1, 0.15) is 44.6 Å². The van der Waals surface area contributed by atoms with Crippen LogP contribution in [0, 0.1) is 6.92 Å². The van der Waals surface area contributed by atoms with Gasteiger partial charge in [0.2, 0.25) is 5.91 Å². The van der Waals surface area contributed by atoms with E-state index in [1.54, 1.807) is 11.3 Å². The average Bonchev–Trinajstić information content (AvgIpc) is 2.64. The number of likely N-dealkylation sites (N-methyl/N-ethyl adjacent to an activating group) is 1. The number of rotatable bonds is 1. The van der Waals surface area contributed by atoms with Gasteiger partial charge >= 0.3 is 0 Å². The van der Waals surface area contributed by atoms with Gasteiger partial charge in [-0.05, 0) is 38.8 Å². The number of carbonyl (C=O) groups is 1. The van der Waals surface area contributed by atoms with Crippen LogP contribution in [0.15, 0.2) is 0 Å². The number of amides is 1. The Labute approximate surface area is 99.2 Å². The van der Waals surface area contributed by atoms with Crippen molar-refractivity contribution in [1.82, 2.24) is 4.90 Å². The largest absolute Gasteiger partial charge is 0.366 e. The Bertz CT molecular complexity index is 466. The van der Waals surface area contributed by atoms with E-state index < -0.39 is 0 Å². The lowest BCUT2D eigenvalue weighted by Crippen LogP contribution is -2.34. The molecular formula is C12H16N2OS. The van der Waals surface area contributed by atoms with Gasteiger partial charge in [0.1, 0.15) is 0 Å². The van der Waals surface area contributed by atoms with Crippen LogP contribution in [-0.4, -0.2) is 23.9 Å². The molecule has 3 heterocycles. The molecule has 0 saturated carbocycles. The van der Waals surface area contributed by atoms with E-state index in [1.165, 1.54) is 23.3 Å². The third-order valence-electron chi connectivity index (χ3n) is 4.04. The summed E-state index contributed by atoms with van der Waals surface area (Å²) in [6.07, 6.45) is 3.52. The minimum atomic E-state index is -0.256. The second-order valence-electron chi connectivity index (χ2n) is 4.85. The Balaban J connectivity index is 2.19. The molecule has 3 nitrogen and oxygen atoms in total. The molecule has 1 aromatic heterocycles. The summed E-state index contributed by atoms with van der Waals surface area (Å²) < 4.78 is 0. The first-order valence-corrected chi connectivity index (χ1v) is 6.55. The van der Waals surface area contributed by atoms with Crippen LogP contribution in [0.3, 0.4) is 0 Å². The smallest absolute Gasteiger partial charge is 0.250 e. The van der Waals surface area contributed by atoms with E-state index in [2.05, 4.69) is 11.9 Å². The summed E-state index contributed by atoms with van der Waals surface area (Å²) in [6.45, 7) is 2.01. The van der Waals surface area contributed by atoms with E-state index in [0.717, 1.165) is 16.9 Å². The van der Waals surface area contributed by atoms with Gasteiger partial charge in [0, 0.05) is 21.8 Å². The normalized spacial score (nSPS) is 28.1. The molecule has 16 heavy (non-hydrogen) atoms. The standard InChI is InChI=1S/C12H16N2OS/c1-6-10(12(13)15)11-8-4-3-7(14(8)2)5-9(11)16-6/h7-8H,3-5H2,1-2H3,(H2,13,15). The lowest BCUT2D eigenvalue weighted by molar-refractivity contribution is 0.0996. The first-order valence-electron chi connectivity index (χ1n) is 5.73. The zero-order valence-corrected chi connectivity index (χ0v) is 10.4. The molecule has 2 N–H and O–H groups in total. The lowest BCUT2D eigenvalue weighted by atomic mass is 9.96. The summed E-state index contributed by atoms with van der Waals surface area (Å²) in [5.41, 5.74) is 7.55. The molecule has 1 fully saturated rings. The van der Waals surface area contributed by atoms with Crippen molar-refractivity contribution in [3.05, 3.63) is 20.9 Å². The van der Waals surface area contributed by atoms with Gasteiger partial charge in [-0.25, -0.2) is 0 Å². The lowest BCUT2D eigenvalue weighted by Gasteiger charge is -2.31. The molecule has 0 radical (unpaired) electrons. The number of hydrogen-bond acceptors (Lipinski definition) is 3. The highest BCUT2D eigenvalue weighted by atomic mass is 32.1. The van der Waals surface area contributed by atoms with Crippen LogP contribution < -0.4 is 5.73 Å². The molecule has 1 saturated heterocycles. The SMILES string of the molecule is Cc1sc2c(c1C(N)=O)C1CCC(C2)N1C. The number of aryl methyl sites for hydroxylation is 1. The molecule has 3 rings (SSSR count). The summed E-state index contributed by atoms with van der Waals surface area (Å²) in [7, 11) is 2.17. The van der Waals surface area contributed by atoms with Crippen molar-refractivity contribution in [3.63, 3.8) is 0 Å². The molecule has 1 amide bonds. The summed E-state index contributed by atoms with van der Waals surface area (Å²) in [4.78, 5) is 16.5. The highest BCUT2D eigenvalue weighted by Crippen LogP contribution is 2.47. The number of nitrogens with two attached hydrogens (primary N) is 1. The highest BCUT2D eigenvalue weighted by Gasteiger charge is 2.41. The molecular weight excluding hydrogens is 220 g/mol. The van der Waals surface area contributed by atoms with Crippen LogP contribution in [0.25, 0.3) is 0 Å². The Hall–Kier alpha value is -0.870. The van der Waals surface area contributed by atoms with Crippen molar-refractivity contribution < 1.29 is 4.79 Å². The summed E-state index contributed by atoms with van der Waals surface area (Å²) in [5, 5.41) is 0. The minimum absolute atomic E-state index is 0.256. The van der Waals surface area contributed by atoms with Crippen LogP contribution in [-0.2, 0) is 6.42 Å². The van der Waals surface area contributed by atoms with E-state index in [1.807, 2.05) is 6.92 Å². The van der Waals surface area contributed by atoms with Crippen molar-refractivity contribution in [1.29, 1.82) is 0 Å². The van der Waals surface area contributed by atoms with Crippen LogP contribution >= 0.6 is 11.3 Å². The van der Waals surface area contributed by atoms with Gasteiger partial charge in [0.15, 0.2) is 0 Å². The van der Waals surface area contributed by atoms with Crippen LogP contribution in [0.5, 0.6) is 0 Å². The van der Waals surface area contributed by atoms with E-state index in [-0.39, 0.29) is 5.91 Å². The number of primary amides is 1. The Kier molecular flexibility index (Phi) is 2.13. The second kappa shape index (κ2) is 3.31. The maximum atomic E-state index is 11.5. The van der Waals surface area contributed by atoms with Crippen LogP contribution in [0.2, 0.25) is 0 Å². The molecule has 2 bridgehead atoms. The van der Waals surface area contributed by atoms with Gasteiger partial charge in [0.25, 0.3) is 0 Å². The van der Waals surface area contributed by atoms with Gasteiger partial charge in [0.05, 0.1) is 5.56 Å². The summed E-state index contributed by atoms with van der Waals surface area (Å²) in [6, 6.07) is 1.11. The highest BCUT2D eigenvalue weighted by molar-refractivity contribution is 7.12. The van der Waals surface area contributed by atoms with Gasteiger partial charge in [-0.15, -0.1) is 11.3 Å². The van der Waals surface area contributed by atoms with Crippen LogP contribution in [0.4, 0.5) is 0 Å². The predicted molar refractivity (Wildman–Crippen MR) is 64.8 cm³/mol. The molecule has 1 aromatic rings. The quantitative estimate of drug-likeness (QED) is 0.809. The predicted octanol–water partition coefficient (Wildman–Crippen LogP) is 1.85. The van der Waals surface area contributed by atoms with Crippen molar-refractivity contribution in [2.24, 2.45) is 5.73 Å². The van der Waals surface area contributed by atoms with Crippen molar-refractivity contribution >= 4 is 17.2 Å². The second-order valence-corrected chi connectivity index (χ2v) is 6.16. The molecule has 0 aromatic carbocycles. The van der Waals surface area contributed by atoms with Gasteiger partial charge in [-0.1, -0.05) is 0 Å². The number of hydrogen-bond donors (Lipinski definition) is 1. The Morgan fingerprint density at radius 3 is 2.94 bits per heavy atom. The maximum absolute atomic E-state index is 11.5. The van der Waals surface area contributed by atoms with E-state index >= 15 is 0 Å². The number of thiophene rings is 1. The number of fused-ring (bicyclic) bond motifs is 4. The third-order valence-corrected chi connectivity index (χ3v) is 5.18. The van der Waals surface area contributed by atoms with Crippen molar-refractivity contribution in [2.75, 3.05) is 7.05 Å². The van der Waals surface area contributed by atoms with Gasteiger partial charge < -0.3 is 5.73 Å². The maximum Gasteiger partial charge on any atom is 0.250 e. The van der Waals surface area contributed by atoms with E-state index in [9.17, 15) is 4.79 Å². The summed E-state index contributed by atoms with van der Waals surface area (Å²) >= 11 is 1.77. The fraction of sp³-hybridized carbons (Fsp3) is 0.583. The van der Waals surface area contributed by atoms with Gasteiger partial charge in [-0.3, -0.25) is 9.69 Å². The molecule has 2 aliphatic heterocycles. The fourth-order valence-electron chi connectivity index (χ4n) is 3.25. The monoisotopic (exact) mass is 236 g/mol. The average molecular weight is 236 g/mol. The van der Waals surface area contributed by atoms with Crippen molar-refractivity contribution in [3.8, 4) is 0 Å². The Morgan fingerprint density at radius 1 is 1.50 bits per heavy atom. The fourth-order valence-corrected chi connectivity index (χ4v) is 4.56. The zero-order chi connectivity index (χ0) is 11.4. The molecule has 4 heteroatoms. The Morgan fingerprint density at radius 2 is 2.25 bits per heavy atom. The first kappa shape index (κ1) is 10.3. The molecule has 2 atom stereocenters. The molecule has 0 spiro atoms. The van der Waals surface area contributed by atoms with Crippen molar-refractivity contribution in [2.45, 2.75) is 38.3 Å². The topological polar surface area (TPSA) is 46.3 Å². The zero-order valence-electron chi connectivity index (χ0n) is 9.62. The van der Waals surface area contributed by atoms with Gasteiger partial charge in [-0.2, -0.15) is 0 Å². The molecule has 0 aliphatic carbocycles. The number of carbonyl (C=O) groups excluding carboxylic acids is 1. The molecule has 86 valence electrons. The minimum Gasteiger partial charge on any atom is -0.366 e. The molecule has 2 aliphatic rings. The van der Waals surface area contributed by atoms with E-state index in [4.69, 9.17) is 5.73 Å². The number of nitrogens with zero attached hydrogens (tertiary/aromatic N) is 1. The third kappa shape index (κ3) is 1.20. The summed E-state index contributed by atoms with van der Waals surface area (Å²) in [5.74, 6) is -0.256. The van der Waals surface area contributed by atoms with E-state index in [0.29, 0.717) is 12.1 Å².